The molecule has 0 aliphatic heterocycles. The zero-order valence-electron chi connectivity index (χ0n) is 8.74. The zero-order chi connectivity index (χ0) is 13.1. The van der Waals surface area contributed by atoms with Crippen LogP contribution >= 0.6 is 27.3 Å². The molecule has 2 aromatic rings. The lowest BCUT2D eigenvalue weighted by Gasteiger charge is -1.98. The van der Waals surface area contributed by atoms with Crippen LogP contribution in [0, 0.1) is 10.1 Å². The largest absolute Gasteiger partial charge is 0.404 e. The van der Waals surface area contributed by atoms with Gasteiger partial charge in [-0.25, -0.2) is 4.98 Å². The second-order valence-corrected chi connectivity index (χ2v) is 4.89. The van der Waals surface area contributed by atoms with Gasteiger partial charge in [-0.3, -0.25) is 4.79 Å². The number of nitrogens with zero attached hydrogens (tertiary/aromatic N) is 4. The molecule has 0 saturated carbocycles. The molecule has 2 aromatic heterocycles. The van der Waals surface area contributed by atoms with Gasteiger partial charge < -0.3 is 15.4 Å². The lowest BCUT2D eigenvalue weighted by atomic mass is 10.6. The van der Waals surface area contributed by atoms with Gasteiger partial charge in [0.2, 0.25) is 5.91 Å². The summed E-state index contributed by atoms with van der Waals surface area (Å²) in [6, 6.07) is 0. The summed E-state index contributed by atoms with van der Waals surface area (Å²) in [5.41, 5.74) is 0. The first-order valence-corrected chi connectivity index (χ1v) is 6.30. The van der Waals surface area contributed by atoms with Crippen molar-refractivity contribution in [3.05, 3.63) is 32.4 Å². The summed E-state index contributed by atoms with van der Waals surface area (Å²) in [6.45, 7) is -0.119. The van der Waals surface area contributed by atoms with Gasteiger partial charge in [0.05, 0.1) is 11.3 Å². The molecule has 10 heteroatoms. The summed E-state index contributed by atoms with van der Waals surface area (Å²) in [5.74, 6) is -0.674. The van der Waals surface area contributed by atoms with E-state index in [9.17, 15) is 14.9 Å². The highest BCUT2D eigenvalue weighted by Gasteiger charge is 2.20. The standard InChI is InChI=1S/C8H6BrN5O3S/c9-5-3-13(12-7(5)14(16)17)4-6(15)11-8-10-1-2-18-8/h1-3H,4H2,(H,10,11,15). The maximum Gasteiger partial charge on any atom is 0.404 e. The number of anilines is 1. The van der Waals surface area contributed by atoms with Gasteiger partial charge in [0.1, 0.15) is 11.0 Å². The molecule has 0 aliphatic carbocycles. The van der Waals surface area contributed by atoms with Crippen molar-refractivity contribution in [3.8, 4) is 0 Å². The van der Waals surface area contributed by atoms with E-state index in [0.29, 0.717) is 5.13 Å². The summed E-state index contributed by atoms with van der Waals surface area (Å²) in [5, 5.41) is 19.0. The Morgan fingerprint density at radius 2 is 2.44 bits per heavy atom. The van der Waals surface area contributed by atoms with E-state index < -0.39 is 4.92 Å². The second-order valence-electron chi connectivity index (χ2n) is 3.14. The van der Waals surface area contributed by atoms with Crippen molar-refractivity contribution in [2.24, 2.45) is 0 Å². The Balaban J connectivity index is 2.03. The fourth-order valence-corrected chi connectivity index (χ4v) is 2.19. The molecule has 1 N–H and O–H groups in total. The Kier molecular flexibility index (Phi) is 3.67. The molecule has 2 rings (SSSR count). The predicted molar refractivity (Wildman–Crippen MR) is 67.3 cm³/mol. The summed E-state index contributed by atoms with van der Waals surface area (Å²) in [6.07, 6.45) is 2.94. The van der Waals surface area contributed by atoms with Gasteiger partial charge in [-0.15, -0.1) is 11.3 Å². The van der Waals surface area contributed by atoms with Crippen LogP contribution < -0.4 is 5.32 Å². The summed E-state index contributed by atoms with van der Waals surface area (Å²) in [7, 11) is 0. The predicted octanol–water partition coefficient (Wildman–Crippen LogP) is 1.65. The van der Waals surface area contributed by atoms with Crippen LogP contribution in [-0.4, -0.2) is 25.6 Å². The third kappa shape index (κ3) is 2.90. The van der Waals surface area contributed by atoms with E-state index in [2.05, 4.69) is 31.3 Å². The molecule has 18 heavy (non-hydrogen) atoms. The quantitative estimate of drug-likeness (QED) is 0.677. The minimum Gasteiger partial charge on any atom is -0.358 e. The van der Waals surface area contributed by atoms with E-state index in [1.807, 2.05) is 0 Å². The van der Waals surface area contributed by atoms with Gasteiger partial charge in [-0.05, 0) is 20.9 Å². The summed E-state index contributed by atoms with van der Waals surface area (Å²) < 4.78 is 1.42. The van der Waals surface area contributed by atoms with Crippen LogP contribution in [0.4, 0.5) is 10.9 Å². The van der Waals surface area contributed by atoms with Crippen LogP contribution in [0.3, 0.4) is 0 Å². The molecular formula is C8H6BrN5O3S. The van der Waals surface area contributed by atoms with Crippen LogP contribution in [0.15, 0.2) is 22.2 Å². The number of aromatic nitrogens is 3. The first kappa shape index (κ1) is 12.6. The molecule has 0 radical (unpaired) electrons. The zero-order valence-corrected chi connectivity index (χ0v) is 11.1. The van der Waals surface area contributed by atoms with E-state index >= 15 is 0 Å². The Hall–Kier alpha value is -1.81. The molecule has 2 heterocycles. The van der Waals surface area contributed by atoms with Gasteiger partial charge in [0, 0.05) is 11.6 Å². The third-order valence-corrected chi connectivity index (χ3v) is 3.10. The number of nitrogens with one attached hydrogen (secondary N) is 1. The summed E-state index contributed by atoms with van der Waals surface area (Å²) in [4.78, 5) is 25.4. The van der Waals surface area contributed by atoms with Crippen LogP contribution in [0.5, 0.6) is 0 Å². The average Bonchev–Trinajstić information content (AvgIpc) is 2.88. The van der Waals surface area contributed by atoms with Gasteiger partial charge >= 0.3 is 5.82 Å². The van der Waals surface area contributed by atoms with E-state index in [-0.39, 0.29) is 22.7 Å². The van der Waals surface area contributed by atoms with Crippen molar-refractivity contribution in [3.63, 3.8) is 0 Å². The maximum absolute atomic E-state index is 11.6. The number of rotatable bonds is 4. The highest BCUT2D eigenvalue weighted by molar-refractivity contribution is 9.10. The Morgan fingerprint density at radius 1 is 1.67 bits per heavy atom. The molecule has 0 fully saturated rings. The third-order valence-electron chi connectivity index (χ3n) is 1.86. The fraction of sp³-hybridized carbons (Fsp3) is 0.125. The van der Waals surface area contributed by atoms with E-state index in [0.717, 1.165) is 0 Å². The molecule has 1 amide bonds. The average molecular weight is 332 g/mol. The number of amides is 1. The summed E-state index contributed by atoms with van der Waals surface area (Å²) >= 11 is 4.29. The molecule has 0 bridgehead atoms. The number of thiazole rings is 1. The SMILES string of the molecule is O=C(Cn1cc(Br)c([N+](=O)[O-])n1)Nc1nccs1. The number of carbonyl (C=O) groups excluding carboxylic acids is 1. The maximum atomic E-state index is 11.6. The van der Waals surface area contributed by atoms with Crippen LogP contribution in [0.25, 0.3) is 0 Å². The Morgan fingerprint density at radius 3 is 3.00 bits per heavy atom. The number of nitro groups is 1. The Labute approximate surface area is 113 Å². The molecule has 0 saturated heterocycles. The first-order valence-electron chi connectivity index (χ1n) is 4.63. The second kappa shape index (κ2) is 5.23. The molecular weight excluding hydrogens is 326 g/mol. The Bertz CT molecular complexity index is 582. The van der Waals surface area contributed by atoms with Gasteiger partial charge in [-0.1, -0.05) is 0 Å². The number of hydrogen-bond acceptors (Lipinski definition) is 6. The molecule has 94 valence electrons. The molecule has 0 aromatic carbocycles. The molecule has 0 spiro atoms. The van der Waals surface area contributed by atoms with E-state index in [1.165, 1.54) is 22.2 Å². The van der Waals surface area contributed by atoms with Crippen molar-refractivity contribution >= 4 is 44.1 Å². The van der Waals surface area contributed by atoms with Gasteiger partial charge in [-0.2, -0.15) is 4.68 Å². The molecule has 0 unspecified atom stereocenters. The first-order chi connectivity index (χ1) is 8.56. The van der Waals surface area contributed by atoms with Crippen LogP contribution in [0.2, 0.25) is 0 Å². The van der Waals surface area contributed by atoms with Crippen molar-refractivity contribution in [2.45, 2.75) is 6.54 Å². The lowest BCUT2D eigenvalue weighted by Crippen LogP contribution is -2.19. The highest BCUT2D eigenvalue weighted by atomic mass is 79.9. The lowest BCUT2D eigenvalue weighted by molar-refractivity contribution is -0.390. The number of halogens is 1. The van der Waals surface area contributed by atoms with Crippen molar-refractivity contribution < 1.29 is 9.72 Å². The smallest absolute Gasteiger partial charge is 0.358 e. The van der Waals surface area contributed by atoms with Gasteiger partial charge in [0.25, 0.3) is 0 Å². The van der Waals surface area contributed by atoms with E-state index in [4.69, 9.17) is 0 Å². The van der Waals surface area contributed by atoms with Gasteiger partial charge in [0.15, 0.2) is 5.13 Å². The van der Waals surface area contributed by atoms with Crippen molar-refractivity contribution in [2.75, 3.05) is 5.32 Å². The fourth-order valence-electron chi connectivity index (χ4n) is 1.18. The minimum atomic E-state index is -0.626. The van der Waals surface area contributed by atoms with Crippen LogP contribution in [0.1, 0.15) is 0 Å². The topological polar surface area (TPSA) is 103 Å². The molecule has 0 aliphatic rings. The van der Waals surface area contributed by atoms with E-state index in [1.54, 1.807) is 11.6 Å². The molecule has 8 nitrogen and oxygen atoms in total. The monoisotopic (exact) mass is 331 g/mol. The van der Waals surface area contributed by atoms with Crippen LogP contribution in [-0.2, 0) is 11.3 Å². The highest BCUT2D eigenvalue weighted by Crippen LogP contribution is 2.21. The number of carbonyl (C=O) groups is 1. The van der Waals surface area contributed by atoms with Crippen molar-refractivity contribution in [1.29, 1.82) is 0 Å². The minimum absolute atomic E-state index is 0.119. The molecule has 0 atom stereocenters. The normalized spacial score (nSPS) is 10.3. The van der Waals surface area contributed by atoms with Crippen molar-refractivity contribution in [1.82, 2.24) is 14.8 Å². The number of hydrogen-bond donors (Lipinski definition) is 1.